The topological polar surface area (TPSA) is 126 Å². The summed E-state index contributed by atoms with van der Waals surface area (Å²) in [6.07, 6.45) is 3.56. The van der Waals surface area contributed by atoms with Crippen LogP contribution in [0.25, 0.3) is 11.2 Å². The molecule has 0 spiro atoms. The zero-order valence-electron chi connectivity index (χ0n) is 13.1. The Kier molecular flexibility index (Phi) is 5.42. The Balaban J connectivity index is 2.16. The van der Waals surface area contributed by atoms with Crippen LogP contribution < -0.4 is 0 Å². The summed E-state index contributed by atoms with van der Waals surface area (Å²) < 4.78 is 17.7. The second-order valence-corrected chi connectivity index (χ2v) is 6.83. The van der Waals surface area contributed by atoms with Crippen LogP contribution in [0.2, 0.25) is 0 Å². The van der Waals surface area contributed by atoms with E-state index in [-0.39, 0.29) is 0 Å². The van der Waals surface area contributed by atoms with E-state index in [2.05, 4.69) is 19.9 Å². The first-order valence-corrected chi connectivity index (χ1v) is 8.58. The molecule has 2 rings (SSSR count). The molecule has 2 aromatic heterocycles. The lowest BCUT2D eigenvalue weighted by atomic mass is 10.4. The maximum absolute atomic E-state index is 10.8. The smallest absolute Gasteiger partial charge is 0.350 e. The fraction of sp³-hybridized carbons (Fsp3) is 0.500. The second kappa shape index (κ2) is 7.14. The van der Waals surface area contributed by atoms with E-state index >= 15 is 0 Å². The lowest BCUT2D eigenvalue weighted by Gasteiger charge is -2.14. The summed E-state index contributed by atoms with van der Waals surface area (Å²) in [6.45, 7) is 2.07. The van der Waals surface area contributed by atoms with Gasteiger partial charge in [0.15, 0.2) is 17.0 Å². The number of ether oxygens (including phenoxy) is 1. The van der Waals surface area contributed by atoms with E-state index in [1.165, 1.54) is 6.33 Å². The molecule has 10 nitrogen and oxygen atoms in total. The lowest BCUT2D eigenvalue weighted by Crippen LogP contribution is -2.17. The second-order valence-electron chi connectivity index (χ2n) is 5.25. The fourth-order valence-corrected chi connectivity index (χ4v) is 2.27. The highest BCUT2D eigenvalue weighted by Crippen LogP contribution is 2.34. The summed E-state index contributed by atoms with van der Waals surface area (Å²) in [5.74, 6) is 0.450. The van der Waals surface area contributed by atoms with Gasteiger partial charge in [0.1, 0.15) is 12.7 Å². The lowest BCUT2D eigenvalue weighted by molar-refractivity contribution is 0.0764. The summed E-state index contributed by atoms with van der Waals surface area (Å²) in [5.41, 5.74) is 1.13. The highest BCUT2D eigenvalue weighted by atomic mass is 31.2. The number of imidazole rings is 1. The SMILES string of the molecule is CC(Cn1cnc2c(N=CN(C)C)ncnc21)OCP(=O)(O)O. The number of aromatic nitrogens is 4. The predicted molar refractivity (Wildman–Crippen MR) is 84.6 cm³/mol. The molecule has 2 heterocycles. The van der Waals surface area contributed by atoms with Gasteiger partial charge in [-0.1, -0.05) is 0 Å². The Labute approximate surface area is 133 Å². The molecule has 0 radical (unpaired) electrons. The molecular weight excluding hydrogens is 323 g/mol. The molecule has 0 saturated carbocycles. The van der Waals surface area contributed by atoms with Crippen LogP contribution in [0.1, 0.15) is 6.92 Å². The molecule has 1 unspecified atom stereocenters. The van der Waals surface area contributed by atoms with E-state index < -0.39 is 20.0 Å². The highest BCUT2D eigenvalue weighted by molar-refractivity contribution is 7.51. The third-order valence-corrected chi connectivity index (χ3v) is 3.26. The van der Waals surface area contributed by atoms with Crippen LogP contribution >= 0.6 is 7.60 Å². The summed E-state index contributed by atoms with van der Waals surface area (Å²) in [5, 5.41) is 0. The first kappa shape index (κ1) is 17.5. The van der Waals surface area contributed by atoms with E-state index in [4.69, 9.17) is 14.5 Å². The van der Waals surface area contributed by atoms with E-state index in [0.29, 0.717) is 23.5 Å². The van der Waals surface area contributed by atoms with Gasteiger partial charge in [-0.15, -0.1) is 0 Å². The number of rotatable bonds is 7. The van der Waals surface area contributed by atoms with Gasteiger partial charge in [0.25, 0.3) is 0 Å². The first-order valence-electron chi connectivity index (χ1n) is 6.79. The van der Waals surface area contributed by atoms with Crippen molar-refractivity contribution < 1.29 is 19.1 Å². The Morgan fingerprint density at radius 1 is 1.43 bits per heavy atom. The molecule has 1 atom stereocenters. The Hall–Kier alpha value is -1.87. The minimum absolute atomic E-state index is 0.352. The molecule has 0 aliphatic carbocycles. The Morgan fingerprint density at radius 3 is 2.83 bits per heavy atom. The number of nitrogens with zero attached hydrogens (tertiary/aromatic N) is 6. The third kappa shape index (κ3) is 5.07. The van der Waals surface area contributed by atoms with Gasteiger partial charge in [0.2, 0.25) is 0 Å². The molecule has 11 heteroatoms. The minimum atomic E-state index is -4.18. The van der Waals surface area contributed by atoms with Crippen molar-refractivity contribution in [2.45, 2.75) is 19.6 Å². The van der Waals surface area contributed by atoms with Crippen LogP contribution in [0.5, 0.6) is 0 Å². The summed E-state index contributed by atoms with van der Waals surface area (Å²) in [6, 6.07) is 0. The number of hydrogen-bond acceptors (Lipinski definition) is 6. The van der Waals surface area contributed by atoms with Crippen molar-refractivity contribution in [1.82, 2.24) is 24.4 Å². The molecule has 126 valence electrons. The summed E-state index contributed by atoms with van der Waals surface area (Å²) in [4.78, 5) is 36.2. The molecule has 0 aliphatic heterocycles. The van der Waals surface area contributed by atoms with Crippen LogP contribution in [0.3, 0.4) is 0 Å². The van der Waals surface area contributed by atoms with Crippen molar-refractivity contribution in [2.75, 3.05) is 20.4 Å². The van der Waals surface area contributed by atoms with E-state index in [1.54, 1.807) is 29.1 Å². The van der Waals surface area contributed by atoms with Crippen LogP contribution in [0.4, 0.5) is 5.82 Å². The van der Waals surface area contributed by atoms with Crippen molar-refractivity contribution in [2.24, 2.45) is 4.99 Å². The normalized spacial score (nSPS) is 13.8. The maximum Gasteiger partial charge on any atom is 0.350 e. The fourth-order valence-electron chi connectivity index (χ4n) is 1.82. The number of fused-ring (bicyclic) bond motifs is 1. The van der Waals surface area contributed by atoms with Crippen molar-refractivity contribution >= 4 is 30.9 Å². The molecule has 0 aliphatic rings. The van der Waals surface area contributed by atoms with Gasteiger partial charge in [-0.3, -0.25) is 4.57 Å². The van der Waals surface area contributed by atoms with Crippen molar-refractivity contribution in [1.29, 1.82) is 0 Å². The molecule has 23 heavy (non-hydrogen) atoms. The average molecular weight is 342 g/mol. The maximum atomic E-state index is 10.8. The molecule has 0 aromatic carbocycles. The number of aliphatic imine (C=N–C) groups is 1. The molecule has 0 fully saturated rings. The van der Waals surface area contributed by atoms with Gasteiger partial charge < -0.3 is 24.0 Å². The van der Waals surface area contributed by atoms with Crippen molar-refractivity contribution in [3.63, 3.8) is 0 Å². The van der Waals surface area contributed by atoms with E-state index in [0.717, 1.165) is 0 Å². The standard InChI is InChI=1S/C12H19N6O4P/c1-9(22-8-23(19,20)21)4-18-7-15-10-11(16-6-17(2)3)13-5-14-12(10)18/h5-7,9H,4,8H2,1-3H3,(H2,19,20,21). The Bertz CT molecular complexity index is 740. The van der Waals surface area contributed by atoms with Gasteiger partial charge in [-0.05, 0) is 6.92 Å². The third-order valence-electron chi connectivity index (χ3n) is 2.77. The van der Waals surface area contributed by atoms with Gasteiger partial charge in [-0.25, -0.2) is 19.9 Å². The van der Waals surface area contributed by atoms with Crippen LogP contribution in [-0.4, -0.2) is 67.1 Å². The molecule has 2 aromatic rings. The highest BCUT2D eigenvalue weighted by Gasteiger charge is 2.17. The monoisotopic (exact) mass is 342 g/mol. The zero-order chi connectivity index (χ0) is 17.0. The molecule has 0 amide bonds. The summed E-state index contributed by atoms with van der Waals surface area (Å²) >= 11 is 0. The van der Waals surface area contributed by atoms with Crippen molar-refractivity contribution in [3.05, 3.63) is 12.7 Å². The molecule has 2 N–H and O–H groups in total. The summed E-state index contributed by atoms with van der Waals surface area (Å²) in [7, 11) is -0.485. The van der Waals surface area contributed by atoms with Crippen LogP contribution in [-0.2, 0) is 15.8 Å². The minimum Gasteiger partial charge on any atom is -0.369 e. The van der Waals surface area contributed by atoms with Crippen molar-refractivity contribution in [3.8, 4) is 0 Å². The van der Waals surface area contributed by atoms with Gasteiger partial charge in [0, 0.05) is 14.1 Å². The quantitative estimate of drug-likeness (QED) is 0.425. The first-order chi connectivity index (χ1) is 10.8. The number of hydrogen-bond donors (Lipinski definition) is 2. The van der Waals surface area contributed by atoms with Gasteiger partial charge in [0.05, 0.1) is 25.3 Å². The van der Waals surface area contributed by atoms with Gasteiger partial charge >= 0.3 is 7.60 Å². The predicted octanol–water partition coefficient (Wildman–Crippen LogP) is 0.588. The zero-order valence-corrected chi connectivity index (χ0v) is 14.0. The van der Waals surface area contributed by atoms with Crippen LogP contribution in [0.15, 0.2) is 17.6 Å². The largest absolute Gasteiger partial charge is 0.369 e. The van der Waals surface area contributed by atoms with Crippen LogP contribution in [0, 0.1) is 0 Å². The van der Waals surface area contributed by atoms with E-state index in [1.807, 2.05) is 14.1 Å². The van der Waals surface area contributed by atoms with Gasteiger partial charge in [-0.2, -0.15) is 0 Å². The average Bonchev–Trinajstić information content (AvgIpc) is 2.86. The van der Waals surface area contributed by atoms with E-state index in [9.17, 15) is 4.57 Å². The molecule has 0 saturated heterocycles. The Morgan fingerprint density at radius 2 is 2.17 bits per heavy atom. The molecular formula is C12H19N6O4P. The molecule has 0 bridgehead atoms.